The van der Waals surface area contributed by atoms with Gasteiger partial charge in [0.2, 0.25) is 0 Å². The maximum absolute atomic E-state index is 11.2. The van der Waals surface area contributed by atoms with Gasteiger partial charge in [0.1, 0.15) is 11.9 Å². The van der Waals surface area contributed by atoms with Gasteiger partial charge in [-0.05, 0) is 29.7 Å². The first kappa shape index (κ1) is 17.2. The lowest BCUT2D eigenvalue weighted by atomic mass is 9.89. The first-order chi connectivity index (χ1) is 12.1. The predicted octanol–water partition coefficient (Wildman–Crippen LogP) is 2.72. The number of aromatic nitrogens is 1. The van der Waals surface area contributed by atoms with E-state index in [0.717, 1.165) is 13.1 Å². The first-order valence-corrected chi connectivity index (χ1v) is 8.29. The summed E-state index contributed by atoms with van der Waals surface area (Å²) >= 11 is 5.95. The first-order valence-electron chi connectivity index (χ1n) is 7.92. The van der Waals surface area contributed by atoms with Crippen molar-refractivity contribution in [2.24, 2.45) is 5.92 Å². The lowest BCUT2D eigenvalue weighted by molar-refractivity contribution is 0.0696. The summed E-state index contributed by atoms with van der Waals surface area (Å²) in [6.45, 7) is 2.40. The van der Waals surface area contributed by atoms with Gasteiger partial charge in [0.05, 0.1) is 11.1 Å². The molecule has 0 bridgehead atoms. The number of carboxylic acids is 1. The Morgan fingerprint density at radius 2 is 2.16 bits per heavy atom. The number of rotatable bonds is 5. The third-order valence-corrected chi connectivity index (χ3v) is 4.69. The summed E-state index contributed by atoms with van der Waals surface area (Å²) in [6, 6.07) is 11.1. The molecule has 2 atom stereocenters. The monoisotopic (exact) mass is 356 g/mol. The van der Waals surface area contributed by atoms with Gasteiger partial charge in [-0.3, -0.25) is 0 Å². The van der Waals surface area contributed by atoms with E-state index in [0.29, 0.717) is 29.2 Å². The van der Waals surface area contributed by atoms with E-state index in [-0.39, 0.29) is 11.1 Å². The highest BCUT2D eigenvalue weighted by molar-refractivity contribution is 6.30. The van der Waals surface area contributed by atoms with E-state index in [1.807, 2.05) is 30.3 Å². The summed E-state index contributed by atoms with van der Waals surface area (Å²) in [5.41, 5.74) is 1.23. The fraction of sp³-hybridized carbons (Fsp3) is 0.278. The van der Waals surface area contributed by atoms with E-state index >= 15 is 0 Å². The van der Waals surface area contributed by atoms with Gasteiger partial charge in [-0.1, -0.05) is 23.7 Å². The third-order valence-electron chi connectivity index (χ3n) is 4.44. The van der Waals surface area contributed by atoms with Crippen LogP contribution in [-0.4, -0.2) is 35.7 Å². The number of pyridine rings is 1. The van der Waals surface area contributed by atoms with Crippen LogP contribution in [0.25, 0.3) is 0 Å². The molecule has 128 valence electrons. The Balaban J connectivity index is 1.70. The molecular formula is C18H17ClN4O2. The maximum Gasteiger partial charge on any atom is 0.337 e. The maximum atomic E-state index is 11.2. The second-order valence-electron chi connectivity index (χ2n) is 5.99. The van der Waals surface area contributed by atoms with Gasteiger partial charge in [0.15, 0.2) is 0 Å². The number of hydrogen-bond acceptors (Lipinski definition) is 5. The smallest absolute Gasteiger partial charge is 0.337 e. The summed E-state index contributed by atoms with van der Waals surface area (Å²) in [7, 11) is 0. The number of carboxylic acid groups (broad SMARTS) is 1. The Morgan fingerprint density at radius 1 is 1.40 bits per heavy atom. The summed E-state index contributed by atoms with van der Waals surface area (Å²) in [5, 5.41) is 25.4. The number of nitrogens with zero attached hydrogens (tertiary/aromatic N) is 2. The second-order valence-corrected chi connectivity index (χ2v) is 6.43. The third kappa shape index (κ3) is 3.90. The van der Waals surface area contributed by atoms with E-state index in [1.54, 1.807) is 0 Å². The number of nitriles is 1. The average molecular weight is 357 g/mol. The molecule has 7 heteroatoms. The lowest BCUT2D eigenvalue weighted by Crippen LogP contribution is -2.21. The number of benzene rings is 1. The molecule has 2 aromatic rings. The Bertz CT molecular complexity index is 817. The minimum absolute atomic E-state index is 0.0428. The van der Waals surface area contributed by atoms with Gasteiger partial charge in [-0.15, -0.1) is 0 Å². The fourth-order valence-electron chi connectivity index (χ4n) is 3.10. The van der Waals surface area contributed by atoms with Gasteiger partial charge in [-0.2, -0.15) is 5.26 Å². The van der Waals surface area contributed by atoms with Crippen LogP contribution in [0.2, 0.25) is 5.02 Å². The Labute approximate surface area is 150 Å². The zero-order valence-electron chi connectivity index (χ0n) is 13.4. The Kier molecular flexibility index (Phi) is 5.17. The Morgan fingerprint density at radius 3 is 2.84 bits per heavy atom. The molecule has 2 unspecified atom stereocenters. The standard InChI is InChI=1S/C18H17ClN4O2/c19-14-3-1-11(2-4-14)16-10-21-7-13(16)9-23-17-5-15(18(24)25)12(6-20)8-22-17/h1-5,8,13,16,21H,7,9-10H2,(H,22,23)(H,24,25). The predicted molar refractivity (Wildman–Crippen MR) is 95.0 cm³/mol. The normalized spacial score (nSPS) is 19.4. The van der Waals surface area contributed by atoms with E-state index < -0.39 is 5.97 Å². The molecule has 0 spiro atoms. The zero-order chi connectivity index (χ0) is 17.8. The molecule has 0 aliphatic carbocycles. The van der Waals surface area contributed by atoms with Crippen molar-refractivity contribution < 1.29 is 9.90 Å². The summed E-state index contributed by atoms with van der Waals surface area (Å²) in [6.07, 6.45) is 1.29. The zero-order valence-corrected chi connectivity index (χ0v) is 14.1. The summed E-state index contributed by atoms with van der Waals surface area (Å²) < 4.78 is 0. The van der Waals surface area contributed by atoms with Crippen LogP contribution in [0.3, 0.4) is 0 Å². The van der Waals surface area contributed by atoms with Gasteiger partial charge in [0, 0.05) is 36.8 Å². The summed E-state index contributed by atoms with van der Waals surface area (Å²) in [4.78, 5) is 15.4. The van der Waals surface area contributed by atoms with Crippen molar-refractivity contribution in [1.82, 2.24) is 10.3 Å². The molecule has 0 saturated carbocycles. The van der Waals surface area contributed by atoms with Gasteiger partial charge >= 0.3 is 5.97 Å². The van der Waals surface area contributed by atoms with Crippen LogP contribution in [0, 0.1) is 17.2 Å². The summed E-state index contributed by atoms with van der Waals surface area (Å²) in [5.74, 6) is 0.00993. The molecule has 3 rings (SSSR count). The molecule has 6 nitrogen and oxygen atoms in total. The molecule has 1 aromatic carbocycles. The van der Waals surface area contributed by atoms with Crippen molar-refractivity contribution in [3.8, 4) is 6.07 Å². The molecule has 1 saturated heterocycles. The van der Waals surface area contributed by atoms with Crippen molar-refractivity contribution >= 4 is 23.4 Å². The number of halogens is 1. The quantitative estimate of drug-likeness (QED) is 0.762. The van der Waals surface area contributed by atoms with E-state index in [9.17, 15) is 9.90 Å². The highest BCUT2D eigenvalue weighted by Gasteiger charge is 2.28. The fourth-order valence-corrected chi connectivity index (χ4v) is 3.23. The highest BCUT2D eigenvalue weighted by Crippen LogP contribution is 2.29. The van der Waals surface area contributed by atoms with Gasteiger partial charge in [-0.25, -0.2) is 9.78 Å². The molecule has 25 heavy (non-hydrogen) atoms. The van der Waals surface area contributed by atoms with Crippen LogP contribution >= 0.6 is 11.6 Å². The molecule has 1 aromatic heterocycles. The molecule has 2 heterocycles. The molecule has 1 aliphatic rings. The van der Waals surface area contributed by atoms with Crippen molar-refractivity contribution in [1.29, 1.82) is 5.26 Å². The number of hydrogen-bond donors (Lipinski definition) is 3. The van der Waals surface area contributed by atoms with Crippen LogP contribution in [0.4, 0.5) is 5.82 Å². The number of anilines is 1. The molecule has 0 radical (unpaired) electrons. The van der Waals surface area contributed by atoms with Crippen LogP contribution in [-0.2, 0) is 0 Å². The largest absolute Gasteiger partial charge is 0.478 e. The molecule has 1 aliphatic heterocycles. The van der Waals surface area contributed by atoms with E-state index in [1.165, 1.54) is 17.8 Å². The van der Waals surface area contributed by atoms with Gasteiger partial charge < -0.3 is 15.7 Å². The molecule has 3 N–H and O–H groups in total. The average Bonchev–Trinajstić information content (AvgIpc) is 3.09. The number of aromatic carboxylic acids is 1. The van der Waals surface area contributed by atoms with Crippen molar-refractivity contribution in [3.63, 3.8) is 0 Å². The molecule has 0 amide bonds. The van der Waals surface area contributed by atoms with Gasteiger partial charge in [0.25, 0.3) is 0 Å². The minimum Gasteiger partial charge on any atom is -0.478 e. The SMILES string of the molecule is N#Cc1cnc(NCC2CNCC2c2ccc(Cl)cc2)cc1C(=O)O. The molecule has 1 fully saturated rings. The van der Waals surface area contributed by atoms with Crippen molar-refractivity contribution in [2.45, 2.75) is 5.92 Å². The minimum atomic E-state index is -1.14. The molecular weight excluding hydrogens is 340 g/mol. The van der Waals surface area contributed by atoms with Crippen molar-refractivity contribution in [2.75, 3.05) is 25.0 Å². The lowest BCUT2D eigenvalue weighted by Gasteiger charge is -2.20. The van der Waals surface area contributed by atoms with Crippen LogP contribution in [0.1, 0.15) is 27.4 Å². The number of carbonyl (C=O) groups is 1. The van der Waals surface area contributed by atoms with E-state index in [4.69, 9.17) is 16.9 Å². The second kappa shape index (κ2) is 7.51. The van der Waals surface area contributed by atoms with Crippen LogP contribution < -0.4 is 10.6 Å². The van der Waals surface area contributed by atoms with Crippen LogP contribution in [0.5, 0.6) is 0 Å². The highest BCUT2D eigenvalue weighted by atomic mass is 35.5. The van der Waals surface area contributed by atoms with Crippen LogP contribution in [0.15, 0.2) is 36.5 Å². The number of nitrogens with one attached hydrogen (secondary N) is 2. The van der Waals surface area contributed by atoms with Crippen molar-refractivity contribution in [3.05, 3.63) is 58.2 Å². The topological polar surface area (TPSA) is 98.0 Å². The Hall–Kier alpha value is -2.62. The van der Waals surface area contributed by atoms with E-state index in [2.05, 4.69) is 15.6 Å².